The first-order valence-corrected chi connectivity index (χ1v) is 7.04. The fourth-order valence-electron chi connectivity index (χ4n) is 1.73. The van der Waals surface area contributed by atoms with Crippen LogP contribution < -0.4 is 15.2 Å². The Kier molecular flexibility index (Phi) is 4.57. The second kappa shape index (κ2) is 6.17. The second-order valence-corrected chi connectivity index (χ2v) is 5.69. The highest BCUT2D eigenvalue weighted by Crippen LogP contribution is 2.32. The van der Waals surface area contributed by atoms with E-state index >= 15 is 0 Å². The van der Waals surface area contributed by atoms with Crippen LogP contribution >= 0.6 is 11.8 Å². The molecule has 1 aliphatic rings. The SMILES string of the molecule is CC(CCN)SCC1COc2ccccc2O1. The Morgan fingerprint density at radius 2 is 2.18 bits per heavy atom. The van der Waals surface area contributed by atoms with Crippen LogP contribution in [0.1, 0.15) is 13.3 Å². The molecule has 0 saturated heterocycles. The first-order valence-electron chi connectivity index (χ1n) is 5.99. The maximum Gasteiger partial charge on any atom is 0.161 e. The average molecular weight is 253 g/mol. The number of nitrogens with two attached hydrogens (primary N) is 1. The highest BCUT2D eigenvalue weighted by molar-refractivity contribution is 7.99. The van der Waals surface area contributed by atoms with Crippen LogP contribution in [0, 0.1) is 0 Å². The van der Waals surface area contributed by atoms with Crippen molar-refractivity contribution in [2.75, 3.05) is 18.9 Å². The van der Waals surface area contributed by atoms with E-state index in [1.807, 2.05) is 36.0 Å². The Bertz CT molecular complexity index is 359. The maximum atomic E-state index is 5.88. The van der Waals surface area contributed by atoms with Crippen molar-refractivity contribution >= 4 is 11.8 Å². The fourth-order valence-corrected chi connectivity index (χ4v) is 2.75. The maximum absolute atomic E-state index is 5.88. The molecule has 0 spiro atoms. The zero-order valence-corrected chi connectivity index (χ0v) is 10.9. The van der Waals surface area contributed by atoms with Gasteiger partial charge in [0, 0.05) is 11.0 Å². The topological polar surface area (TPSA) is 44.5 Å². The summed E-state index contributed by atoms with van der Waals surface area (Å²) in [6, 6.07) is 7.82. The molecule has 1 aromatic rings. The Labute approximate surface area is 107 Å². The monoisotopic (exact) mass is 253 g/mol. The molecule has 0 aliphatic carbocycles. The quantitative estimate of drug-likeness (QED) is 0.874. The standard InChI is InChI=1S/C13H19NO2S/c1-10(6-7-14)17-9-11-8-15-12-4-2-3-5-13(12)16-11/h2-5,10-11H,6-9,14H2,1H3. The van der Waals surface area contributed by atoms with Gasteiger partial charge in [0.25, 0.3) is 0 Å². The van der Waals surface area contributed by atoms with Crippen LogP contribution in [0.2, 0.25) is 0 Å². The fraction of sp³-hybridized carbons (Fsp3) is 0.538. The first-order chi connectivity index (χ1) is 8.29. The van der Waals surface area contributed by atoms with E-state index in [9.17, 15) is 0 Å². The predicted octanol–water partition coefficient (Wildman–Crippen LogP) is 2.30. The van der Waals surface area contributed by atoms with Gasteiger partial charge in [-0.05, 0) is 25.1 Å². The van der Waals surface area contributed by atoms with E-state index in [1.165, 1.54) is 0 Å². The van der Waals surface area contributed by atoms with Crippen molar-refractivity contribution in [1.82, 2.24) is 0 Å². The molecule has 2 unspecified atom stereocenters. The average Bonchev–Trinajstić information content (AvgIpc) is 2.36. The third-order valence-corrected chi connectivity index (χ3v) is 4.08. The molecule has 2 rings (SSSR count). The highest BCUT2D eigenvalue weighted by Gasteiger charge is 2.21. The Balaban J connectivity index is 1.82. The number of thioether (sulfide) groups is 1. The molecule has 0 saturated carbocycles. The smallest absolute Gasteiger partial charge is 0.161 e. The molecule has 17 heavy (non-hydrogen) atoms. The van der Waals surface area contributed by atoms with Gasteiger partial charge in [0.15, 0.2) is 11.5 Å². The summed E-state index contributed by atoms with van der Waals surface area (Å²) >= 11 is 1.90. The summed E-state index contributed by atoms with van der Waals surface area (Å²) in [5.41, 5.74) is 5.53. The van der Waals surface area contributed by atoms with Crippen molar-refractivity contribution in [3.05, 3.63) is 24.3 Å². The summed E-state index contributed by atoms with van der Waals surface area (Å²) in [5.74, 6) is 2.66. The summed E-state index contributed by atoms with van der Waals surface area (Å²) in [6.45, 7) is 3.59. The van der Waals surface area contributed by atoms with E-state index in [0.29, 0.717) is 11.9 Å². The Hall–Kier alpha value is -0.870. The Morgan fingerprint density at radius 3 is 2.94 bits per heavy atom. The minimum atomic E-state index is 0.148. The first kappa shape index (κ1) is 12.6. The molecule has 3 nitrogen and oxygen atoms in total. The lowest BCUT2D eigenvalue weighted by Crippen LogP contribution is -2.31. The molecular weight excluding hydrogens is 234 g/mol. The number of ether oxygens (including phenoxy) is 2. The number of para-hydroxylation sites is 2. The van der Waals surface area contributed by atoms with E-state index in [1.54, 1.807) is 0 Å². The minimum absolute atomic E-state index is 0.148. The Morgan fingerprint density at radius 1 is 1.41 bits per heavy atom. The summed E-state index contributed by atoms with van der Waals surface area (Å²) in [7, 11) is 0. The van der Waals surface area contributed by atoms with Gasteiger partial charge in [-0.2, -0.15) is 11.8 Å². The predicted molar refractivity (Wildman–Crippen MR) is 71.9 cm³/mol. The van der Waals surface area contributed by atoms with Gasteiger partial charge in [-0.15, -0.1) is 0 Å². The summed E-state index contributed by atoms with van der Waals surface area (Å²) in [4.78, 5) is 0. The second-order valence-electron chi connectivity index (χ2n) is 4.22. The normalized spacial score (nSPS) is 20.0. The van der Waals surface area contributed by atoms with Crippen LogP contribution in [0.4, 0.5) is 0 Å². The van der Waals surface area contributed by atoms with Gasteiger partial charge in [-0.1, -0.05) is 19.1 Å². The summed E-state index contributed by atoms with van der Waals surface area (Å²) in [5, 5.41) is 0.584. The van der Waals surface area contributed by atoms with Gasteiger partial charge in [0.2, 0.25) is 0 Å². The van der Waals surface area contributed by atoms with Crippen LogP contribution in [0.15, 0.2) is 24.3 Å². The number of fused-ring (bicyclic) bond motifs is 1. The van der Waals surface area contributed by atoms with Gasteiger partial charge in [0.1, 0.15) is 12.7 Å². The molecule has 4 heteroatoms. The van der Waals surface area contributed by atoms with Crippen LogP contribution in [-0.2, 0) is 0 Å². The van der Waals surface area contributed by atoms with Crippen molar-refractivity contribution in [1.29, 1.82) is 0 Å². The molecule has 0 fully saturated rings. The molecule has 0 bridgehead atoms. The van der Waals surface area contributed by atoms with E-state index in [2.05, 4.69) is 6.92 Å². The molecular formula is C13H19NO2S. The van der Waals surface area contributed by atoms with E-state index in [0.717, 1.165) is 30.2 Å². The molecule has 1 aromatic carbocycles. The van der Waals surface area contributed by atoms with Gasteiger partial charge >= 0.3 is 0 Å². The van der Waals surface area contributed by atoms with Crippen molar-refractivity contribution in [3.63, 3.8) is 0 Å². The third-order valence-electron chi connectivity index (χ3n) is 2.71. The largest absolute Gasteiger partial charge is 0.486 e. The van der Waals surface area contributed by atoms with Gasteiger partial charge in [-0.3, -0.25) is 0 Å². The van der Waals surface area contributed by atoms with Crippen molar-refractivity contribution in [2.24, 2.45) is 5.73 Å². The van der Waals surface area contributed by atoms with Crippen LogP contribution in [0.25, 0.3) is 0 Å². The van der Waals surface area contributed by atoms with Crippen LogP contribution in [0.3, 0.4) is 0 Å². The van der Waals surface area contributed by atoms with Crippen LogP contribution in [0.5, 0.6) is 11.5 Å². The number of hydrogen-bond acceptors (Lipinski definition) is 4. The lowest BCUT2D eigenvalue weighted by atomic mass is 10.3. The molecule has 94 valence electrons. The van der Waals surface area contributed by atoms with Crippen molar-refractivity contribution in [2.45, 2.75) is 24.7 Å². The summed E-state index contributed by atoms with van der Waals surface area (Å²) < 4.78 is 11.5. The lowest BCUT2D eigenvalue weighted by Gasteiger charge is -2.26. The van der Waals surface area contributed by atoms with Crippen molar-refractivity contribution < 1.29 is 9.47 Å². The number of hydrogen-bond donors (Lipinski definition) is 1. The number of rotatable bonds is 5. The molecule has 1 aliphatic heterocycles. The molecule has 0 radical (unpaired) electrons. The molecule has 2 N–H and O–H groups in total. The van der Waals surface area contributed by atoms with E-state index < -0.39 is 0 Å². The van der Waals surface area contributed by atoms with Crippen molar-refractivity contribution in [3.8, 4) is 11.5 Å². The number of benzene rings is 1. The molecule has 2 atom stereocenters. The molecule has 1 heterocycles. The highest BCUT2D eigenvalue weighted by atomic mass is 32.2. The minimum Gasteiger partial charge on any atom is -0.486 e. The van der Waals surface area contributed by atoms with E-state index in [4.69, 9.17) is 15.2 Å². The van der Waals surface area contributed by atoms with Crippen LogP contribution in [-0.4, -0.2) is 30.3 Å². The molecule has 0 aromatic heterocycles. The zero-order valence-electron chi connectivity index (χ0n) is 10.1. The van der Waals surface area contributed by atoms with E-state index in [-0.39, 0.29) is 6.10 Å². The molecule has 0 amide bonds. The van der Waals surface area contributed by atoms with Gasteiger partial charge in [-0.25, -0.2) is 0 Å². The zero-order chi connectivity index (χ0) is 12.1. The lowest BCUT2D eigenvalue weighted by molar-refractivity contribution is 0.107. The van der Waals surface area contributed by atoms with Gasteiger partial charge in [0.05, 0.1) is 0 Å². The summed E-state index contributed by atoms with van der Waals surface area (Å²) in [6.07, 6.45) is 1.20. The van der Waals surface area contributed by atoms with Gasteiger partial charge < -0.3 is 15.2 Å². The third kappa shape index (κ3) is 3.54.